The number of rotatable bonds is 3. The molecule has 0 spiro atoms. The first-order valence-corrected chi connectivity index (χ1v) is 6.98. The number of aliphatic hydroxyl groups excluding tert-OH is 1. The quantitative estimate of drug-likeness (QED) is 0.515. The van der Waals surface area contributed by atoms with Crippen LogP contribution in [0.5, 0.6) is 0 Å². The van der Waals surface area contributed by atoms with Gasteiger partial charge in [0.25, 0.3) is 0 Å². The van der Waals surface area contributed by atoms with Crippen LogP contribution >= 0.6 is 0 Å². The van der Waals surface area contributed by atoms with Gasteiger partial charge in [-0.1, -0.05) is 12.8 Å². The Balaban J connectivity index is 1.68. The van der Waals surface area contributed by atoms with E-state index in [0.29, 0.717) is 17.9 Å². The van der Waals surface area contributed by atoms with Crippen LogP contribution in [-0.2, 0) is 0 Å². The highest BCUT2D eigenvalue weighted by Gasteiger charge is 2.19. The third kappa shape index (κ3) is 4.19. The van der Waals surface area contributed by atoms with Gasteiger partial charge in [0.05, 0.1) is 6.10 Å². The predicted molar refractivity (Wildman–Crippen MR) is 69.8 cm³/mol. The summed E-state index contributed by atoms with van der Waals surface area (Å²) in [7, 11) is 0. The molecule has 2 rings (SSSR count). The van der Waals surface area contributed by atoms with Crippen molar-refractivity contribution in [3.05, 3.63) is 0 Å². The van der Waals surface area contributed by atoms with Crippen LogP contribution in [0.1, 0.15) is 51.4 Å². The van der Waals surface area contributed by atoms with Crippen molar-refractivity contribution in [3.63, 3.8) is 0 Å². The molecule has 0 amide bonds. The second kappa shape index (κ2) is 6.24. The largest absolute Gasteiger partial charge is 0.393 e. The van der Waals surface area contributed by atoms with E-state index in [1.165, 1.54) is 25.7 Å². The molecule has 2 aliphatic carbocycles. The van der Waals surface area contributed by atoms with Crippen molar-refractivity contribution in [3.8, 4) is 0 Å². The Kier molecular flexibility index (Phi) is 4.66. The standard InChI is InChI=1S/C13H25N3O/c14-13(16-11-3-1-2-4-11)15-9-10-5-7-12(17)8-6-10/h10-12,17H,1-9H2,(H3,14,15,16). The van der Waals surface area contributed by atoms with E-state index < -0.39 is 0 Å². The van der Waals surface area contributed by atoms with Gasteiger partial charge in [0.2, 0.25) is 0 Å². The van der Waals surface area contributed by atoms with Gasteiger partial charge in [-0.05, 0) is 44.4 Å². The smallest absolute Gasteiger partial charge is 0.188 e. The molecule has 0 atom stereocenters. The van der Waals surface area contributed by atoms with Gasteiger partial charge in [0, 0.05) is 12.6 Å². The topological polar surface area (TPSA) is 70.6 Å². The molecule has 17 heavy (non-hydrogen) atoms. The first-order valence-electron chi connectivity index (χ1n) is 6.98. The lowest BCUT2D eigenvalue weighted by Gasteiger charge is -2.24. The Morgan fingerprint density at radius 1 is 1.12 bits per heavy atom. The molecule has 0 aromatic heterocycles. The molecule has 0 unspecified atom stereocenters. The molecule has 2 fully saturated rings. The monoisotopic (exact) mass is 239 g/mol. The van der Waals surface area contributed by atoms with Gasteiger partial charge >= 0.3 is 0 Å². The molecule has 4 heteroatoms. The first kappa shape index (κ1) is 12.7. The number of nitrogens with one attached hydrogen (secondary N) is 1. The Labute approximate surface area is 104 Å². The van der Waals surface area contributed by atoms with Gasteiger partial charge < -0.3 is 16.2 Å². The van der Waals surface area contributed by atoms with Gasteiger partial charge in [-0.25, -0.2) is 0 Å². The van der Waals surface area contributed by atoms with Crippen LogP contribution in [0.2, 0.25) is 0 Å². The summed E-state index contributed by atoms with van der Waals surface area (Å²) in [6, 6.07) is 0.548. The molecule has 98 valence electrons. The van der Waals surface area contributed by atoms with E-state index in [1.54, 1.807) is 0 Å². The van der Waals surface area contributed by atoms with E-state index in [0.717, 1.165) is 32.2 Å². The number of nitrogens with zero attached hydrogens (tertiary/aromatic N) is 1. The normalized spacial score (nSPS) is 31.7. The van der Waals surface area contributed by atoms with Crippen LogP contribution in [0.25, 0.3) is 0 Å². The number of nitrogens with two attached hydrogens (primary N) is 1. The molecule has 0 radical (unpaired) electrons. The molecule has 0 bridgehead atoms. The lowest BCUT2D eigenvalue weighted by Crippen LogP contribution is -2.39. The minimum atomic E-state index is -0.0795. The molecule has 2 aliphatic rings. The summed E-state index contributed by atoms with van der Waals surface area (Å²) >= 11 is 0. The number of hydrogen-bond acceptors (Lipinski definition) is 2. The molecule has 4 N–H and O–H groups in total. The third-order valence-corrected chi connectivity index (χ3v) is 4.04. The van der Waals surface area contributed by atoms with Crippen molar-refractivity contribution in [1.82, 2.24) is 5.32 Å². The van der Waals surface area contributed by atoms with Gasteiger partial charge in [-0.2, -0.15) is 0 Å². The van der Waals surface area contributed by atoms with Gasteiger partial charge in [0.15, 0.2) is 5.96 Å². The number of guanidine groups is 1. The molecular formula is C13H25N3O. The van der Waals surface area contributed by atoms with Gasteiger partial charge in [-0.3, -0.25) is 4.99 Å². The highest BCUT2D eigenvalue weighted by Crippen LogP contribution is 2.24. The van der Waals surface area contributed by atoms with Crippen LogP contribution in [-0.4, -0.2) is 29.8 Å². The van der Waals surface area contributed by atoms with E-state index in [4.69, 9.17) is 5.73 Å². The van der Waals surface area contributed by atoms with Gasteiger partial charge in [0.1, 0.15) is 0 Å². The fourth-order valence-electron chi connectivity index (χ4n) is 2.88. The highest BCUT2D eigenvalue weighted by atomic mass is 16.3. The molecular weight excluding hydrogens is 214 g/mol. The van der Waals surface area contributed by atoms with E-state index in [-0.39, 0.29) is 6.10 Å². The van der Waals surface area contributed by atoms with Crippen LogP contribution in [0.4, 0.5) is 0 Å². The van der Waals surface area contributed by atoms with Crippen molar-refractivity contribution >= 4 is 5.96 Å². The molecule has 4 nitrogen and oxygen atoms in total. The summed E-state index contributed by atoms with van der Waals surface area (Å²) < 4.78 is 0. The molecule has 0 saturated heterocycles. The van der Waals surface area contributed by atoms with Crippen molar-refractivity contribution in [2.75, 3.05) is 6.54 Å². The SMILES string of the molecule is NC(=NCC1CCC(O)CC1)NC1CCCC1. The second-order valence-electron chi connectivity index (χ2n) is 5.53. The molecule has 0 aromatic carbocycles. The zero-order valence-electron chi connectivity index (χ0n) is 10.6. The minimum absolute atomic E-state index is 0.0795. The summed E-state index contributed by atoms with van der Waals surface area (Å²) in [5, 5.41) is 12.7. The lowest BCUT2D eigenvalue weighted by molar-refractivity contribution is 0.110. The van der Waals surface area contributed by atoms with Gasteiger partial charge in [-0.15, -0.1) is 0 Å². The highest BCUT2D eigenvalue weighted by molar-refractivity contribution is 5.78. The van der Waals surface area contributed by atoms with E-state index in [2.05, 4.69) is 10.3 Å². The minimum Gasteiger partial charge on any atom is -0.393 e. The number of hydrogen-bond donors (Lipinski definition) is 3. The fraction of sp³-hybridized carbons (Fsp3) is 0.923. The number of aliphatic imine (C=N–C) groups is 1. The Morgan fingerprint density at radius 2 is 1.76 bits per heavy atom. The Hall–Kier alpha value is -0.770. The molecule has 0 aromatic rings. The van der Waals surface area contributed by atoms with Crippen LogP contribution in [0, 0.1) is 5.92 Å². The van der Waals surface area contributed by atoms with E-state index in [1.807, 2.05) is 0 Å². The average Bonchev–Trinajstić information content (AvgIpc) is 2.81. The summed E-state index contributed by atoms with van der Waals surface area (Å²) in [5.74, 6) is 1.23. The summed E-state index contributed by atoms with van der Waals surface area (Å²) in [5.41, 5.74) is 5.89. The zero-order chi connectivity index (χ0) is 12.1. The second-order valence-corrected chi connectivity index (χ2v) is 5.53. The first-order chi connectivity index (χ1) is 8.24. The summed E-state index contributed by atoms with van der Waals surface area (Å²) in [4.78, 5) is 4.44. The molecule has 0 heterocycles. The summed E-state index contributed by atoms with van der Waals surface area (Å²) in [6.45, 7) is 0.818. The van der Waals surface area contributed by atoms with E-state index in [9.17, 15) is 5.11 Å². The maximum absolute atomic E-state index is 9.42. The Bertz CT molecular complexity index is 253. The van der Waals surface area contributed by atoms with Crippen LogP contribution in [0.15, 0.2) is 4.99 Å². The number of aliphatic hydroxyl groups is 1. The average molecular weight is 239 g/mol. The van der Waals surface area contributed by atoms with Crippen LogP contribution in [0.3, 0.4) is 0 Å². The lowest BCUT2D eigenvalue weighted by atomic mass is 9.88. The third-order valence-electron chi connectivity index (χ3n) is 4.04. The zero-order valence-corrected chi connectivity index (χ0v) is 10.6. The van der Waals surface area contributed by atoms with Crippen molar-refractivity contribution < 1.29 is 5.11 Å². The predicted octanol–water partition coefficient (Wildman–Crippen LogP) is 1.38. The van der Waals surface area contributed by atoms with Crippen molar-refractivity contribution in [2.24, 2.45) is 16.6 Å². The Morgan fingerprint density at radius 3 is 2.41 bits per heavy atom. The van der Waals surface area contributed by atoms with E-state index >= 15 is 0 Å². The van der Waals surface area contributed by atoms with Crippen LogP contribution < -0.4 is 11.1 Å². The fourth-order valence-corrected chi connectivity index (χ4v) is 2.88. The maximum atomic E-state index is 9.42. The molecule has 0 aliphatic heterocycles. The maximum Gasteiger partial charge on any atom is 0.188 e. The van der Waals surface area contributed by atoms with Crippen molar-refractivity contribution in [1.29, 1.82) is 0 Å². The molecule has 2 saturated carbocycles. The van der Waals surface area contributed by atoms with Crippen molar-refractivity contribution in [2.45, 2.75) is 63.5 Å². The summed E-state index contributed by atoms with van der Waals surface area (Å²) in [6.07, 6.45) is 9.02.